The van der Waals surface area contributed by atoms with Crippen LogP contribution in [0.5, 0.6) is 0 Å². The Morgan fingerprint density at radius 3 is 2.36 bits per heavy atom. The van der Waals surface area contributed by atoms with Crippen molar-refractivity contribution in [2.24, 2.45) is 0 Å². The Balaban J connectivity index is 1.66. The van der Waals surface area contributed by atoms with Crippen LogP contribution < -0.4 is 9.80 Å². The zero-order chi connectivity index (χ0) is 17.6. The monoisotopic (exact) mass is 339 g/mol. The minimum Gasteiger partial charge on any atom is -0.368 e. The lowest BCUT2D eigenvalue weighted by Crippen LogP contribution is -2.49. The summed E-state index contributed by atoms with van der Waals surface area (Å²) in [6.45, 7) is 8.85. The van der Waals surface area contributed by atoms with Crippen LogP contribution in [0.25, 0.3) is 0 Å². The first-order chi connectivity index (χ1) is 12.2. The van der Waals surface area contributed by atoms with Gasteiger partial charge in [0.1, 0.15) is 5.69 Å². The first-order valence-corrected chi connectivity index (χ1v) is 8.90. The summed E-state index contributed by atoms with van der Waals surface area (Å²) in [5.74, 6) is 0.613. The SMILES string of the molecule is CCN(CC)c1nccc(C(=O)N2CCN(c3ccccc3)CC2)n1. The summed E-state index contributed by atoms with van der Waals surface area (Å²) >= 11 is 0. The lowest BCUT2D eigenvalue weighted by atomic mass is 10.2. The Kier molecular flexibility index (Phi) is 5.48. The van der Waals surface area contributed by atoms with Crippen molar-refractivity contribution in [3.05, 3.63) is 48.3 Å². The molecule has 3 rings (SSSR count). The largest absolute Gasteiger partial charge is 0.368 e. The van der Waals surface area contributed by atoms with Gasteiger partial charge in [-0.3, -0.25) is 4.79 Å². The Hall–Kier alpha value is -2.63. The molecule has 0 N–H and O–H groups in total. The number of amides is 1. The van der Waals surface area contributed by atoms with E-state index in [0.29, 0.717) is 24.7 Å². The maximum Gasteiger partial charge on any atom is 0.272 e. The van der Waals surface area contributed by atoms with Crippen molar-refractivity contribution in [1.29, 1.82) is 0 Å². The first-order valence-electron chi connectivity index (χ1n) is 8.90. The zero-order valence-corrected chi connectivity index (χ0v) is 14.9. The minimum absolute atomic E-state index is 0.0106. The van der Waals surface area contributed by atoms with E-state index in [1.807, 2.05) is 28.0 Å². The van der Waals surface area contributed by atoms with Gasteiger partial charge in [0.05, 0.1) is 0 Å². The summed E-state index contributed by atoms with van der Waals surface area (Å²) in [4.78, 5) is 27.8. The first kappa shape index (κ1) is 17.2. The van der Waals surface area contributed by atoms with E-state index in [9.17, 15) is 4.79 Å². The van der Waals surface area contributed by atoms with E-state index < -0.39 is 0 Å². The molecular formula is C19H25N5O. The van der Waals surface area contributed by atoms with E-state index in [2.05, 4.69) is 40.8 Å². The second-order valence-corrected chi connectivity index (χ2v) is 6.03. The molecule has 0 radical (unpaired) electrons. The minimum atomic E-state index is -0.0106. The van der Waals surface area contributed by atoms with Gasteiger partial charge in [0.2, 0.25) is 5.95 Å². The molecule has 132 valence electrons. The van der Waals surface area contributed by atoms with Crippen molar-refractivity contribution in [2.45, 2.75) is 13.8 Å². The van der Waals surface area contributed by atoms with Gasteiger partial charge in [-0.1, -0.05) is 18.2 Å². The predicted octanol–water partition coefficient (Wildman–Crippen LogP) is 2.29. The number of nitrogens with zero attached hydrogens (tertiary/aromatic N) is 5. The van der Waals surface area contributed by atoms with Crippen LogP contribution in [0.4, 0.5) is 11.6 Å². The molecule has 1 aliphatic rings. The topological polar surface area (TPSA) is 52.6 Å². The van der Waals surface area contributed by atoms with Crippen LogP contribution >= 0.6 is 0 Å². The van der Waals surface area contributed by atoms with Crippen molar-refractivity contribution < 1.29 is 4.79 Å². The second kappa shape index (κ2) is 7.96. The van der Waals surface area contributed by atoms with E-state index in [1.165, 1.54) is 5.69 Å². The molecule has 0 saturated carbocycles. The van der Waals surface area contributed by atoms with Crippen molar-refractivity contribution in [3.8, 4) is 0 Å². The number of benzene rings is 1. The van der Waals surface area contributed by atoms with Gasteiger partial charge in [-0.25, -0.2) is 9.97 Å². The lowest BCUT2D eigenvalue weighted by molar-refractivity contribution is 0.0740. The molecule has 1 fully saturated rings. The maximum absolute atomic E-state index is 12.8. The predicted molar refractivity (Wildman–Crippen MR) is 100 cm³/mol. The van der Waals surface area contributed by atoms with Crippen LogP contribution in [0.15, 0.2) is 42.6 Å². The Labute approximate surface area is 149 Å². The number of carbonyl (C=O) groups is 1. The standard InChI is InChI=1S/C19H25N5O/c1-3-22(4-2)19-20-11-10-17(21-19)18(25)24-14-12-23(13-15-24)16-8-6-5-7-9-16/h5-11H,3-4,12-15H2,1-2H3. The number of hydrogen-bond donors (Lipinski definition) is 0. The second-order valence-electron chi connectivity index (χ2n) is 6.03. The molecule has 6 heteroatoms. The van der Waals surface area contributed by atoms with Crippen LogP contribution in [0.2, 0.25) is 0 Å². The molecule has 1 aromatic carbocycles. The fraction of sp³-hybridized carbons (Fsp3) is 0.421. The number of carbonyl (C=O) groups excluding carboxylic acids is 1. The lowest BCUT2D eigenvalue weighted by Gasteiger charge is -2.36. The van der Waals surface area contributed by atoms with Crippen LogP contribution in [0.1, 0.15) is 24.3 Å². The Morgan fingerprint density at radius 1 is 1.04 bits per heavy atom. The third kappa shape index (κ3) is 3.90. The summed E-state index contributed by atoms with van der Waals surface area (Å²) in [5, 5.41) is 0. The molecule has 1 saturated heterocycles. The molecule has 0 bridgehead atoms. The number of anilines is 2. The molecule has 25 heavy (non-hydrogen) atoms. The highest BCUT2D eigenvalue weighted by Gasteiger charge is 2.23. The normalized spacial score (nSPS) is 14.5. The molecule has 0 atom stereocenters. The summed E-state index contributed by atoms with van der Waals surface area (Å²) in [5.41, 5.74) is 1.69. The van der Waals surface area contributed by atoms with Gasteiger partial charge in [-0.15, -0.1) is 0 Å². The van der Waals surface area contributed by atoms with Crippen molar-refractivity contribution in [2.75, 3.05) is 49.1 Å². The zero-order valence-electron chi connectivity index (χ0n) is 14.9. The summed E-state index contributed by atoms with van der Waals surface area (Å²) in [7, 11) is 0. The average Bonchev–Trinajstić information content (AvgIpc) is 2.69. The van der Waals surface area contributed by atoms with Gasteiger partial charge in [0.15, 0.2) is 0 Å². The summed E-state index contributed by atoms with van der Waals surface area (Å²) < 4.78 is 0. The van der Waals surface area contributed by atoms with Gasteiger partial charge >= 0.3 is 0 Å². The van der Waals surface area contributed by atoms with Gasteiger partial charge in [-0.2, -0.15) is 0 Å². The molecular weight excluding hydrogens is 314 g/mol. The molecule has 0 spiro atoms. The molecule has 6 nitrogen and oxygen atoms in total. The number of piperazine rings is 1. The van der Waals surface area contributed by atoms with Crippen LogP contribution in [-0.4, -0.2) is 60.0 Å². The highest BCUT2D eigenvalue weighted by Crippen LogP contribution is 2.17. The quantitative estimate of drug-likeness (QED) is 0.836. The fourth-order valence-electron chi connectivity index (χ4n) is 3.09. The van der Waals surface area contributed by atoms with Crippen LogP contribution in [-0.2, 0) is 0 Å². The highest BCUT2D eigenvalue weighted by atomic mass is 16.2. The highest BCUT2D eigenvalue weighted by molar-refractivity contribution is 5.92. The molecule has 1 aromatic heterocycles. The van der Waals surface area contributed by atoms with E-state index in [-0.39, 0.29) is 5.91 Å². The van der Waals surface area contributed by atoms with Gasteiger partial charge in [0, 0.05) is 51.2 Å². The van der Waals surface area contributed by atoms with Crippen molar-refractivity contribution in [1.82, 2.24) is 14.9 Å². The average molecular weight is 339 g/mol. The van der Waals surface area contributed by atoms with Crippen molar-refractivity contribution in [3.63, 3.8) is 0 Å². The number of para-hydroxylation sites is 1. The molecule has 0 aliphatic carbocycles. The number of aromatic nitrogens is 2. The van der Waals surface area contributed by atoms with E-state index in [0.717, 1.165) is 26.2 Å². The van der Waals surface area contributed by atoms with Crippen LogP contribution in [0.3, 0.4) is 0 Å². The van der Waals surface area contributed by atoms with Gasteiger partial charge < -0.3 is 14.7 Å². The summed E-state index contributed by atoms with van der Waals surface area (Å²) in [6.07, 6.45) is 1.67. The number of hydrogen-bond acceptors (Lipinski definition) is 5. The molecule has 2 heterocycles. The van der Waals surface area contributed by atoms with E-state index in [4.69, 9.17) is 0 Å². The smallest absolute Gasteiger partial charge is 0.272 e. The van der Waals surface area contributed by atoms with Crippen LogP contribution in [0, 0.1) is 0 Å². The van der Waals surface area contributed by atoms with Gasteiger partial charge in [0.25, 0.3) is 5.91 Å². The Morgan fingerprint density at radius 2 is 1.72 bits per heavy atom. The summed E-state index contributed by atoms with van der Waals surface area (Å²) in [6, 6.07) is 12.0. The third-order valence-electron chi connectivity index (χ3n) is 4.60. The van der Waals surface area contributed by atoms with Gasteiger partial charge in [-0.05, 0) is 32.0 Å². The molecule has 1 aliphatic heterocycles. The maximum atomic E-state index is 12.8. The molecule has 0 unspecified atom stereocenters. The third-order valence-corrected chi connectivity index (χ3v) is 4.60. The van der Waals surface area contributed by atoms with E-state index in [1.54, 1.807) is 12.3 Å². The number of rotatable bonds is 5. The van der Waals surface area contributed by atoms with Crippen molar-refractivity contribution >= 4 is 17.5 Å². The molecule has 1 amide bonds. The molecule has 2 aromatic rings. The Bertz CT molecular complexity index is 694. The van der Waals surface area contributed by atoms with E-state index >= 15 is 0 Å². The fourth-order valence-corrected chi connectivity index (χ4v) is 3.09.